The van der Waals surface area contributed by atoms with Crippen molar-refractivity contribution in [1.29, 1.82) is 0 Å². The Kier molecular flexibility index (Phi) is 6.55. The molecule has 0 aliphatic heterocycles. The Hall–Kier alpha value is -1.31. The second-order valence-electron chi connectivity index (χ2n) is 3.55. The van der Waals surface area contributed by atoms with E-state index in [9.17, 15) is 22.8 Å². The number of amides is 1. The van der Waals surface area contributed by atoms with E-state index in [1.165, 1.54) is 0 Å². The van der Waals surface area contributed by atoms with Crippen LogP contribution in [0.15, 0.2) is 0 Å². The predicted octanol–water partition coefficient (Wildman–Crippen LogP) is 0.461. The summed E-state index contributed by atoms with van der Waals surface area (Å²) in [5.74, 6) is -2.87. The Labute approximate surface area is 96.6 Å². The van der Waals surface area contributed by atoms with Crippen molar-refractivity contribution in [3.63, 3.8) is 0 Å². The van der Waals surface area contributed by atoms with Gasteiger partial charge in [-0.2, -0.15) is 13.2 Å². The third-order valence-electron chi connectivity index (χ3n) is 1.97. The molecule has 5 nitrogen and oxygen atoms in total. The van der Waals surface area contributed by atoms with Gasteiger partial charge in [0.1, 0.15) is 0 Å². The fraction of sp³-hybridized carbons (Fsp3) is 0.778. The molecule has 17 heavy (non-hydrogen) atoms. The summed E-state index contributed by atoms with van der Waals surface area (Å²) in [5.41, 5.74) is 0. The van der Waals surface area contributed by atoms with E-state index in [1.807, 2.05) is 0 Å². The van der Waals surface area contributed by atoms with Crippen molar-refractivity contribution in [2.24, 2.45) is 0 Å². The van der Waals surface area contributed by atoms with E-state index in [1.54, 1.807) is 17.3 Å². The summed E-state index contributed by atoms with van der Waals surface area (Å²) < 4.78 is 35.3. The largest absolute Gasteiger partial charge is 0.481 e. The van der Waals surface area contributed by atoms with Crippen molar-refractivity contribution in [3.05, 3.63) is 0 Å². The molecular formula is C9H15F3N2O3. The summed E-state index contributed by atoms with van der Waals surface area (Å²) in [6, 6.07) is 0. The minimum atomic E-state index is -4.86. The molecule has 0 aliphatic carbocycles. The molecular weight excluding hydrogens is 241 g/mol. The molecule has 0 aromatic heterocycles. The van der Waals surface area contributed by atoms with Gasteiger partial charge in [-0.25, -0.2) is 0 Å². The standard InChI is InChI=1S/C9H15F3N2O3/c1-14(5-2-3-7(15)16)6-4-13-8(17)9(10,11)12/h2-6H2,1H3,(H,13,17)(H,15,16). The fourth-order valence-electron chi connectivity index (χ4n) is 1.07. The van der Waals surface area contributed by atoms with Crippen LogP contribution in [0.4, 0.5) is 13.2 Å². The zero-order valence-corrected chi connectivity index (χ0v) is 9.38. The Bertz CT molecular complexity index is 269. The van der Waals surface area contributed by atoms with Gasteiger partial charge in [0, 0.05) is 19.5 Å². The number of aliphatic carboxylic acids is 1. The van der Waals surface area contributed by atoms with Crippen LogP contribution in [0.1, 0.15) is 12.8 Å². The smallest absolute Gasteiger partial charge is 0.471 e. The van der Waals surface area contributed by atoms with Crippen LogP contribution in [0.25, 0.3) is 0 Å². The van der Waals surface area contributed by atoms with E-state index >= 15 is 0 Å². The molecule has 0 saturated heterocycles. The average Bonchev–Trinajstić information content (AvgIpc) is 2.15. The van der Waals surface area contributed by atoms with Crippen LogP contribution in [0.2, 0.25) is 0 Å². The summed E-state index contributed by atoms with van der Waals surface area (Å²) in [6.45, 7) is 0.567. The fourth-order valence-corrected chi connectivity index (χ4v) is 1.07. The summed E-state index contributed by atoms with van der Waals surface area (Å²) in [4.78, 5) is 22.3. The number of hydrogen-bond acceptors (Lipinski definition) is 3. The van der Waals surface area contributed by atoms with Crippen molar-refractivity contribution in [2.75, 3.05) is 26.7 Å². The lowest BCUT2D eigenvalue weighted by molar-refractivity contribution is -0.173. The molecule has 0 unspecified atom stereocenters. The maximum absolute atomic E-state index is 11.8. The van der Waals surface area contributed by atoms with Gasteiger partial charge < -0.3 is 15.3 Å². The minimum absolute atomic E-state index is 0.0131. The molecule has 2 N–H and O–H groups in total. The molecule has 0 radical (unpaired) electrons. The lowest BCUT2D eigenvalue weighted by Crippen LogP contribution is -2.40. The Balaban J connectivity index is 3.61. The monoisotopic (exact) mass is 256 g/mol. The van der Waals surface area contributed by atoms with Gasteiger partial charge in [-0.1, -0.05) is 0 Å². The number of carboxylic acids is 1. The number of halogens is 3. The number of alkyl halides is 3. The molecule has 1 amide bonds. The van der Waals surface area contributed by atoms with E-state index in [0.717, 1.165) is 0 Å². The second kappa shape index (κ2) is 7.10. The third-order valence-corrected chi connectivity index (χ3v) is 1.97. The third kappa shape index (κ3) is 8.49. The van der Waals surface area contributed by atoms with Crippen LogP contribution in [-0.4, -0.2) is 54.7 Å². The SMILES string of the molecule is CN(CCCC(=O)O)CCNC(=O)C(F)(F)F. The van der Waals surface area contributed by atoms with Crippen molar-refractivity contribution >= 4 is 11.9 Å². The van der Waals surface area contributed by atoms with Crippen molar-refractivity contribution in [1.82, 2.24) is 10.2 Å². The van der Waals surface area contributed by atoms with Crippen molar-refractivity contribution in [2.45, 2.75) is 19.0 Å². The zero-order valence-electron chi connectivity index (χ0n) is 9.38. The highest BCUT2D eigenvalue weighted by atomic mass is 19.4. The molecule has 0 fully saturated rings. The first-order valence-corrected chi connectivity index (χ1v) is 4.99. The number of nitrogens with zero attached hydrogens (tertiary/aromatic N) is 1. The van der Waals surface area contributed by atoms with Gasteiger partial charge in [0.15, 0.2) is 0 Å². The zero-order chi connectivity index (χ0) is 13.5. The number of hydrogen-bond donors (Lipinski definition) is 2. The summed E-state index contributed by atoms with van der Waals surface area (Å²) in [7, 11) is 1.64. The molecule has 0 aromatic carbocycles. The molecule has 0 saturated carbocycles. The Morgan fingerprint density at radius 1 is 1.29 bits per heavy atom. The molecule has 0 rings (SSSR count). The molecule has 0 aliphatic rings. The topological polar surface area (TPSA) is 69.6 Å². The number of nitrogens with one attached hydrogen (secondary N) is 1. The van der Waals surface area contributed by atoms with E-state index in [4.69, 9.17) is 5.11 Å². The lowest BCUT2D eigenvalue weighted by atomic mass is 10.3. The van der Waals surface area contributed by atoms with Crippen LogP contribution in [0.5, 0.6) is 0 Å². The normalized spacial score (nSPS) is 11.6. The Morgan fingerprint density at radius 2 is 1.88 bits per heavy atom. The number of carbonyl (C=O) groups excluding carboxylic acids is 1. The van der Waals surface area contributed by atoms with E-state index in [-0.39, 0.29) is 19.5 Å². The highest BCUT2D eigenvalue weighted by molar-refractivity contribution is 5.81. The second-order valence-corrected chi connectivity index (χ2v) is 3.55. The maximum atomic E-state index is 11.8. The predicted molar refractivity (Wildman–Crippen MR) is 53.4 cm³/mol. The molecule has 0 aromatic rings. The van der Waals surface area contributed by atoms with Gasteiger partial charge in [0.2, 0.25) is 0 Å². The number of rotatable bonds is 7. The van der Waals surface area contributed by atoms with Crippen LogP contribution < -0.4 is 5.32 Å². The van der Waals surface area contributed by atoms with Crippen LogP contribution in [0.3, 0.4) is 0 Å². The summed E-state index contributed by atoms with van der Waals surface area (Å²) in [6.07, 6.45) is -4.43. The average molecular weight is 256 g/mol. The lowest BCUT2D eigenvalue weighted by Gasteiger charge is -2.16. The van der Waals surface area contributed by atoms with Gasteiger partial charge in [-0.3, -0.25) is 9.59 Å². The number of carbonyl (C=O) groups is 2. The van der Waals surface area contributed by atoms with E-state index in [0.29, 0.717) is 13.0 Å². The number of likely N-dealkylation sites (N-methyl/N-ethyl adjacent to an activating group) is 1. The van der Waals surface area contributed by atoms with E-state index < -0.39 is 18.1 Å². The van der Waals surface area contributed by atoms with Gasteiger partial charge in [-0.05, 0) is 20.0 Å². The van der Waals surface area contributed by atoms with Crippen LogP contribution in [-0.2, 0) is 9.59 Å². The van der Waals surface area contributed by atoms with Crippen molar-refractivity contribution < 1.29 is 27.9 Å². The molecule has 100 valence electrons. The highest BCUT2D eigenvalue weighted by Crippen LogP contribution is 2.13. The maximum Gasteiger partial charge on any atom is 0.471 e. The van der Waals surface area contributed by atoms with Gasteiger partial charge in [0.05, 0.1) is 0 Å². The number of carboxylic acid groups (broad SMARTS) is 1. The molecule has 0 spiro atoms. The minimum Gasteiger partial charge on any atom is -0.481 e. The van der Waals surface area contributed by atoms with Crippen molar-refractivity contribution in [3.8, 4) is 0 Å². The molecule has 8 heteroatoms. The molecule has 0 heterocycles. The summed E-state index contributed by atoms with van der Waals surface area (Å²) in [5, 5.41) is 10.1. The van der Waals surface area contributed by atoms with Gasteiger partial charge in [-0.15, -0.1) is 0 Å². The Morgan fingerprint density at radius 3 is 2.35 bits per heavy atom. The van der Waals surface area contributed by atoms with Gasteiger partial charge in [0.25, 0.3) is 0 Å². The molecule has 0 atom stereocenters. The first-order valence-electron chi connectivity index (χ1n) is 4.99. The highest BCUT2D eigenvalue weighted by Gasteiger charge is 2.38. The molecule has 0 bridgehead atoms. The van der Waals surface area contributed by atoms with Crippen LogP contribution in [0, 0.1) is 0 Å². The van der Waals surface area contributed by atoms with Crippen LogP contribution >= 0.6 is 0 Å². The first kappa shape index (κ1) is 15.7. The first-order chi connectivity index (χ1) is 7.73. The van der Waals surface area contributed by atoms with Gasteiger partial charge >= 0.3 is 18.1 Å². The quantitative estimate of drug-likeness (QED) is 0.694. The summed E-state index contributed by atoms with van der Waals surface area (Å²) >= 11 is 0. The van der Waals surface area contributed by atoms with E-state index in [2.05, 4.69) is 0 Å².